The lowest BCUT2D eigenvalue weighted by molar-refractivity contribution is -0.142. The van der Waals surface area contributed by atoms with Crippen molar-refractivity contribution in [1.29, 1.82) is 0 Å². The molecule has 5 amide bonds. The minimum atomic E-state index is -1.01. The third-order valence-electron chi connectivity index (χ3n) is 8.07. The van der Waals surface area contributed by atoms with Crippen LogP contribution in [0.1, 0.15) is 56.9 Å². The Labute approximate surface area is 298 Å². The van der Waals surface area contributed by atoms with Crippen LogP contribution in [0.5, 0.6) is 0 Å². The molecule has 12 heteroatoms. The highest BCUT2D eigenvalue weighted by Crippen LogP contribution is 2.21. The Morgan fingerprint density at radius 2 is 1.56 bits per heavy atom. The zero-order chi connectivity index (χ0) is 36.7. The van der Waals surface area contributed by atoms with Gasteiger partial charge in [-0.2, -0.15) is 0 Å². The van der Waals surface area contributed by atoms with Gasteiger partial charge in [-0.3, -0.25) is 24.0 Å². The summed E-state index contributed by atoms with van der Waals surface area (Å²) < 4.78 is 0. The molecular weight excluding hydrogens is 653 g/mol. The number of nitrogens with zero attached hydrogens (tertiary/aromatic N) is 1. The second-order valence-corrected chi connectivity index (χ2v) is 14.1. The number of nitrogens with two attached hydrogens (primary N) is 2. The molecule has 0 unspecified atom stereocenters. The Morgan fingerprint density at radius 1 is 0.880 bits per heavy atom. The van der Waals surface area contributed by atoms with E-state index in [0.29, 0.717) is 25.8 Å². The summed E-state index contributed by atoms with van der Waals surface area (Å²) in [4.78, 5) is 66.9. The topological polar surface area (TPSA) is 177 Å². The van der Waals surface area contributed by atoms with Crippen LogP contribution in [0.4, 0.5) is 0 Å². The number of amides is 5. The summed E-state index contributed by atoms with van der Waals surface area (Å²) in [7, 11) is 1.53. The SMILES string of the molecule is CC(=O)NCCCC[C@H](NC(=O)[C@@H](Cc1cccs1)N(C)C(=O)[C@@H](Cc1ccc(-c2ccccc2)cc1)NC(=O)/C=C/CC(C)(C)N)C(N)=O. The molecule has 3 aromatic rings. The molecule has 0 saturated heterocycles. The molecule has 11 nitrogen and oxygen atoms in total. The van der Waals surface area contributed by atoms with Gasteiger partial charge in [0.05, 0.1) is 0 Å². The van der Waals surface area contributed by atoms with Gasteiger partial charge in [0.2, 0.25) is 29.5 Å². The summed E-state index contributed by atoms with van der Waals surface area (Å²) in [5, 5.41) is 10.2. The van der Waals surface area contributed by atoms with E-state index in [1.165, 1.54) is 36.3 Å². The molecule has 0 spiro atoms. The van der Waals surface area contributed by atoms with Gasteiger partial charge in [-0.05, 0) is 73.7 Å². The van der Waals surface area contributed by atoms with Crippen LogP contribution in [0.2, 0.25) is 0 Å². The fraction of sp³-hybridized carbons (Fsp3) is 0.395. The highest BCUT2D eigenvalue weighted by molar-refractivity contribution is 7.09. The Kier molecular flexibility index (Phi) is 15.4. The fourth-order valence-electron chi connectivity index (χ4n) is 5.30. The van der Waals surface area contributed by atoms with E-state index in [2.05, 4.69) is 16.0 Å². The first-order valence-electron chi connectivity index (χ1n) is 16.8. The molecule has 1 heterocycles. The summed E-state index contributed by atoms with van der Waals surface area (Å²) in [6, 6.07) is 18.4. The third kappa shape index (κ3) is 13.6. The predicted molar refractivity (Wildman–Crippen MR) is 198 cm³/mol. The molecule has 2 aromatic carbocycles. The standard InChI is InChI=1S/C38H50N6O5S/c1-26(45)41-22-9-8-15-31(35(39)47)43-36(48)33(25-30-14-11-23-50-30)44(4)37(49)32(42-34(46)16-10-21-38(2,3)40)24-27-17-19-29(20-18-27)28-12-6-5-7-13-28/h5-7,10-14,16-20,23,31-33H,8-9,15,21-22,24-25,40H2,1-4H3,(H2,39,47)(H,41,45)(H,42,46)(H,43,48)/b16-10+/t31-,32+,33+/m0/s1. The Hall–Kier alpha value is -4.81. The first-order valence-corrected chi connectivity index (χ1v) is 17.6. The van der Waals surface area contributed by atoms with Crippen LogP contribution in [0.25, 0.3) is 11.1 Å². The molecule has 3 atom stereocenters. The molecule has 1 aromatic heterocycles. The number of hydrogen-bond acceptors (Lipinski definition) is 7. The largest absolute Gasteiger partial charge is 0.368 e. The number of unbranched alkanes of at least 4 members (excludes halogenated alkanes) is 1. The average molecular weight is 703 g/mol. The lowest BCUT2D eigenvalue weighted by Crippen LogP contribution is -2.57. The maximum absolute atomic E-state index is 14.3. The van der Waals surface area contributed by atoms with Gasteiger partial charge < -0.3 is 32.3 Å². The summed E-state index contributed by atoms with van der Waals surface area (Å²) in [6.45, 7) is 5.56. The highest BCUT2D eigenvalue weighted by Gasteiger charge is 2.34. The zero-order valence-electron chi connectivity index (χ0n) is 29.3. The van der Waals surface area contributed by atoms with E-state index < -0.39 is 47.3 Å². The fourth-order valence-corrected chi connectivity index (χ4v) is 6.05. The number of nitrogens with one attached hydrogen (secondary N) is 3. The van der Waals surface area contributed by atoms with Crippen molar-refractivity contribution in [3.63, 3.8) is 0 Å². The minimum Gasteiger partial charge on any atom is -0.368 e. The Morgan fingerprint density at radius 3 is 2.16 bits per heavy atom. The number of primary amides is 1. The summed E-state index contributed by atoms with van der Waals surface area (Å²) in [5.41, 5.74) is 14.1. The first kappa shape index (κ1) is 39.6. The second kappa shape index (κ2) is 19.4. The van der Waals surface area contributed by atoms with Crippen LogP contribution in [0.3, 0.4) is 0 Å². The molecule has 0 radical (unpaired) electrons. The van der Waals surface area contributed by atoms with Crippen molar-refractivity contribution >= 4 is 40.9 Å². The molecule has 0 fully saturated rings. The average Bonchev–Trinajstić information content (AvgIpc) is 3.59. The van der Waals surface area contributed by atoms with Crippen LogP contribution in [0.15, 0.2) is 84.3 Å². The lowest BCUT2D eigenvalue weighted by atomic mass is 9.99. The van der Waals surface area contributed by atoms with Crippen molar-refractivity contribution in [3.8, 4) is 11.1 Å². The van der Waals surface area contributed by atoms with Gasteiger partial charge in [-0.1, -0.05) is 66.7 Å². The third-order valence-corrected chi connectivity index (χ3v) is 8.97. The van der Waals surface area contributed by atoms with Crippen molar-refractivity contribution < 1.29 is 24.0 Å². The van der Waals surface area contributed by atoms with Gasteiger partial charge in [0.25, 0.3) is 0 Å². The maximum atomic E-state index is 14.3. The predicted octanol–water partition coefficient (Wildman–Crippen LogP) is 3.47. The highest BCUT2D eigenvalue weighted by atomic mass is 32.1. The van der Waals surface area contributed by atoms with Crippen molar-refractivity contribution in [2.24, 2.45) is 11.5 Å². The molecule has 0 bridgehead atoms. The molecule has 0 saturated carbocycles. The zero-order valence-corrected chi connectivity index (χ0v) is 30.1. The Bertz CT molecular complexity index is 1590. The van der Waals surface area contributed by atoms with Crippen LogP contribution in [-0.2, 0) is 36.8 Å². The smallest absolute Gasteiger partial charge is 0.245 e. The van der Waals surface area contributed by atoms with E-state index >= 15 is 0 Å². The van der Waals surface area contributed by atoms with E-state index in [1.807, 2.05) is 86.0 Å². The second-order valence-electron chi connectivity index (χ2n) is 13.1. The van der Waals surface area contributed by atoms with Gasteiger partial charge in [0, 0.05) is 43.8 Å². The van der Waals surface area contributed by atoms with Gasteiger partial charge in [0.1, 0.15) is 18.1 Å². The molecule has 0 aliphatic rings. The van der Waals surface area contributed by atoms with Gasteiger partial charge in [-0.25, -0.2) is 0 Å². The molecule has 3 rings (SSSR count). The van der Waals surface area contributed by atoms with Crippen molar-refractivity contribution in [3.05, 3.63) is 94.7 Å². The van der Waals surface area contributed by atoms with Crippen molar-refractivity contribution in [1.82, 2.24) is 20.9 Å². The first-order chi connectivity index (χ1) is 23.7. The van der Waals surface area contributed by atoms with Gasteiger partial charge in [-0.15, -0.1) is 11.3 Å². The number of benzene rings is 2. The number of carbonyl (C=O) groups excluding carboxylic acids is 5. The number of rotatable bonds is 19. The van der Waals surface area contributed by atoms with Crippen LogP contribution < -0.4 is 27.4 Å². The van der Waals surface area contributed by atoms with E-state index in [1.54, 1.807) is 6.08 Å². The molecule has 0 aliphatic carbocycles. The monoisotopic (exact) mass is 702 g/mol. The minimum absolute atomic E-state index is 0.150. The van der Waals surface area contributed by atoms with Crippen LogP contribution in [-0.4, -0.2) is 71.7 Å². The normalized spacial score (nSPS) is 13.2. The van der Waals surface area contributed by atoms with E-state index in [9.17, 15) is 24.0 Å². The summed E-state index contributed by atoms with van der Waals surface area (Å²) >= 11 is 1.44. The quantitative estimate of drug-likeness (QED) is 0.0944. The van der Waals surface area contributed by atoms with E-state index in [0.717, 1.165) is 21.6 Å². The van der Waals surface area contributed by atoms with Crippen molar-refractivity contribution in [2.75, 3.05) is 13.6 Å². The van der Waals surface area contributed by atoms with Crippen LogP contribution in [0, 0.1) is 0 Å². The molecule has 7 N–H and O–H groups in total. The summed E-state index contributed by atoms with van der Waals surface area (Å²) in [6.07, 6.45) is 5.26. The molecule has 0 aliphatic heterocycles. The maximum Gasteiger partial charge on any atom is 0.245 e. The van der Waals surface area contributed by atoms with E-state index in [-0.39, 0.29) is 25.2 Å². The van der Waals surface area contributed by atoms with Gasteiger partial charge in [0.15, 0.2) is 0 Å². The number of likely N-dealkylation sites (N-methyl/N-ethyl adjacent to an activating group) is 1. The molecule has 50 heavy (non-hydrogen) atoms. The lowest BCUT2D eigenvalue weighted by Gasteiger charge is -2.31. The number of carbonyl (C=O) groups is 5. The summed E-state index contributed by atoms with van der Waals surface area (Å²) in [5.74, 6) is -2.32. The van der Waals surface area contributed by atoms with E-state index in [4.69, 9.17) is 11.5 Å². The number of thiophene rings is 1. The number of hydrogen-bond donors (Lipinski definition) is 5. The van der Waals surface area contributed by atoms with Crippen LogP contribution >= 0.6 is 11.3 Å². The van der Waals surface area contributed by atoms with Crippen molar-refractivity contribution in [2.45, 2.75) is 83.0 Å². The molecule has 268 valence electrons. The van der Waals surface area contributed by atoms with Gasteiger partial charge >= 0.3 is 0 Å². The Balaban J connectivity index is 1.85. The molecular formula is C38H50N6O5S.